The Morgan fingerprint density at radius 3 is 2.22 bits per heavy atom. The molecular weight excluding hydrogens is 304 g/mol. The topological polar surface area (TPSA) is 16.1 Å². The molecule has 0 saturated carbocycles. The second-order valence-electron chi connectivity index (χ2n) is 5.69. The van der Waals surface area contributed by atoms with E-state index in [1.807, 2.05) is 18.2 Å². The van der Waals surface area contributed by atoms with Crippen LogP contribution in [0.4, 0.5) is 0 Å². The maximum absolute atomic E-state index is 6.12. The van der Waals surface area contributed by atoms with Crippen molar-refractivity contribution in [3.05, 3.63) is 89.2 Å². The van der Waals surface area contributed by atoms with Gasteiger partial charge in [-0.15, -0.1) is 0 Å². The van der Waals surface area contributed by atoms with E-state index in [0.717, 1.165) is 18.7 Å². The van der Waals surface area contributed by atoms with Crippen molar-refractivity contribution in [2.45, 2.75) is 13.1 Å². The molecule has 1 aromatic heterocycles. The maximum Gasteiger partial charge on any atom is 0.133 e. The van der Waals surface area contributed by atoms with Gasteiger partial charge >= 0.3 is 0 Å². The number of pyridine rings is 1. The third-order valence-electron chi connectivity index (χ3n) is 3.79. The van der Waals surface area contributed by atoms with Gasteiger partial charge in [0.25, 0.3) is 0 Å². The number of benzene rings is 2. The zero-order valence-electron chi connectivity index (χ0n) is 13.1. The quantitative estimate of drug-likeness (QED) is 0.612. The first-order chi connectivity index (χ1) is 11.2. The van der Waals surface area contributed by atoms with Crippen molar-refractivity contribution in [3.8, 4) is 11.1 Å². The van der Waals surface area contributed by atoms with Crippen molar-refractivity contribution >= 4 is 11.6 Å². The number of rotatable bonds is 5. The molecule has 0 N–H and O–H groups in total. The van der Waals surface area contributed by atoms with E-state index in [4.69, 9.17) is 11.6 Å². The normalized spacial score (nSPS) is 10.9. The molecular formula is C20H19ClN2. The lowest BCUT2D eigenvalue weighted by molar-refractivity contribution is 0.319. The predicted octanol–water partition coefficient (Wildman–Crippen LogP) is 5.03. The molecule has 0 aliphatic carbocycles. The smallest absolute Gasteiger partial charge is 0.133 e. The zero-order chi connectivity index (χ0) is 16.1. The zero-order valence-corrected chi connectivity index (χ0v) is 13.9. The van der Waals surface area contributed by atoms with Crippen LogP contribution in [0.5, 0.6) is 0 Å². The SMILES string of the molecule is CN(Cc1ccc(-c2ccccc2)cc1)Cc1cccnc1Cl. The highest BCUT2D eigenvalue weighted by Gasteiger charge is 2.06. The van der Waals surface area contributed by atoms with Crippen molar-refractivity contribution in [2.75, 3.05) is 7.05 Å². The summed E-state index contributed by atoms with van der Waals surface area (Å²) in [6.07, 6.45) is 1.72. The molecule has 2 nitrogen and oxygen atoms in total. The molecule has 0 aliphatic rings. The van der Waals surface area contributed by atoms with E-state index < -0.39 is 0 Å². The molecule has 23 heavy (non-hydrogen) atoms. The summed E-state index contributed by atoms with van der Waals surface area (Å²) < 4.78 is 0. The molecule has 3 heteroatoms. The first kappa shape index (κ1) is 15.7. The maximum atomic E-state index is 6.12. The van der Waals surface area contributed by atoms with Gasteiger partial charge in [-0.1, -0.05) is 72.3 Å². The Hall–Kier alpha value is -2.16. The van der Waals surface area contributed by atoms with Gasteiger partial charge in [0, 0.05) is 24.8 Å². The Kier molecular flexibility index (Phi) is 5.06. The standard InChI is InChI=1S/C20H19ClN2/c1-23(15-19-8-5-13-22-20(19)21)14-16-9-11-18(12-10-16)17-6-3-2-4-7-17/h2-13H,14-15H2,1H3. The summed E-state index contributed by atoms with van der Waals surface area (Å²) in [4.78, 5) is 6.36. The molecule has 0 aliphatic heterocycles. The Bertz CT molecular complexity index is 754. The molecule has 0 spiro atoms. The summed E-state index contributed by atoms with van der Waals surface area (Å²) >= 11 is 6.12. The molecule has 0 unspecified atom stereocenters. The Labute approximate surface area is 142 Å². The Morgan fingerprint density at radius 2 is 1.52 bits per heavy atom. The van der Waals surface area contributed by atoms with Gasteiger partial charge in [0.2, 0.25) is 0 Å². The van der Waals surface area contributed by atoms with Gasteiger partial charge in [-0.25, -0.2) is 4.98 Å². The van der Waals surface area contributed by atoms with E-state index in [1.165, 1.54) is 16.7 Å². The van der Waals surface area contributed by atoms with E-state index in [0.29, 0.717) is 5.15 Å². The Morgan fingerprint density at radius 1 is 0.826 bits per heavy atom. The Balaban J connectivity index is 1.65. The van der Waals surface area contributed by atoms with Crippen molar-refractivity contribution < 1.29 is 0 Å². The third-order valence-corrected chi connectivity index (χ3v) is 4.13. The minimum absolute atomic E-state index is 0.582. The molecule has 3 aromatic rings. The predicted molar refractivity (Wildman–Crippen MR) is 96.3 cm³/mol. The van der Waals surface area contributed by atoms with Gasteiger partial charge in [0.15, 0.2) is 0 Å². The van der Waals surface area contributed by atoms with E-state index in [2.05, 4.69) is 65.5 Å². The summed E-state index contributed by atoms with van der Waals surface area (Å²) in [5, 5.41) is 0.582. The lowest BCUT2D eigenvalue weighted by Crippen LogP contribution is -2.17. The number of halogens is 1. The summed E-state index contributed by atoms with van der Waals surface area (Å²) in [6, 6.07) is 23.1. The average molecular weight is 323 g/mol. The summed E-state index contributed by atoms with van der Waals surface area (Å²) in [6.45, 7) is 1.66. The van der Waals surface area contributed by atoms with Crippen LogP contribution in [0.25, 0.3) is 11.1 Å². The molecule has 0 atom stereocenters. The van der Waals surface area contributed by atoms with Crippen LogP contribution < -0.4 is 0 Å². The number of aromatic nitrogens is 1. The van der Waals surface area contributed by atoms with Crippen molar-refractivity contribution in [2.24, 2.45) is 0 Å². The molecule has 0 saturated heterocycles. The van der Waals surface area contributed by atoms with Crippen molar-refractivity contribution in [1.82, 2.24) is 9.88 Å². The minimum atomic E-state index is 0.582. The van der Waals surface area contributed by atoms with Crippen molar-refractivity contribution in [3.63, 3.8) is 0 Å². The van der Waals surface area contributed by atoms with Gasteiger partial charge in [-0.2, -0.15) is 0 Å². The monoisotopic (exact) mass is 322 g/mol. The molecule has 0 radical (unpaired) electrons. The summed E-state index contributed by atoms with van der Waals surface area (Å²) in [7, 11) is 2.09. The number of nitrogens with zero attached hydrogens (tertiary/aromatic N) is 2. The first-order valence-electron chi connectivity index (χ1n) is 7.64. The van der Waals surface area contributed by atoms with Gasteiger partial charge in [-0.05, 0) is 29.8 Å². The van der Waals surface area contributed by atoms with Crippen LogP contribution in [-0.2, 0) is 13.1 Å². The lowest BCUT2D eigenvalue weighted by atomic mass is 10.0. The van der Waals surface area contributed by atoms with E-state index in [1.54, 1.807) is 6.20 Å². The fourth-order valence-electron chi connectivity index (χ4n) is 2.63. The molecule has 2 aromatic carbocycles. The number of hydrogen-bond donors (Lipinski definition) is 0. The lowest BCUT2D eigenvalue weighted by Gasteiger charge is -2.17. The highest BCUT2D eigenvalue weighted by Crippen LogP contribution is 2.20. The molecule has 0 amide bonds. The van der Waals surface area contributed by atoms with Gasteiger partial charge in [0.05, 0.1) is 0 Å². The minimum Gasteiger partial charge on any atom is -0.298 e. The molecule has 0 fully saturated rings. The van der Waals surface area contributed by atoms with Crippen LogP contribution in [0.15, 0.2) is 72.9 Å². The van der Waals surface area contributed by atoms with Crippen LogP contribution in [0, 0.1) is 0 Å². The van der Waals surface area contributed by atoms with E-state index in [9.17, 15) is 0 Å². The largest absolute Gasteiger partial charge is 0.298 e. The summed E-state index contributed by atoms with van der Waals surface area (Å²) in [5.74, 6) is 0. The highest BCUT2D eigenvalue weighted by molar-refractivity contribution is 6.30. The van der Waals surface area contributed by atoms with Crippen LogP contribution >= 0.6 is 11.6 Å². The van der Waals surface area contributed by atoms with E-state index >= 15 is 0 Å². The number of hydrogen-bond acceptors (Lipinski definition) is 2. The van der Waals surface area contributed by atoms with Crippen molar-refractivity contribution in [1.29, 1.82) is 0 Å². The summed E-state index contributed by atoms with van der Waals surface area (Å²) in [5.41, 5.74) is 4.83. The van der Waals surface area contributed by atoms with E-state index in [-0.39, 0.29) is 0 Å². The molecule has 116 valence electrons. The van der Waals surface area contributed by atoms with Crippen LogP contribution in [0.2, 0.25) is 5.15 Å². The first-order valence-corrected chi connectivity index (χ1v) is 8.02. The molecule has 0 bridgehead atoms. The fraction of sp³-hybridized carbons (Fsp3) is 0.150. The van der Waals surface area contributed by atoms with Crippen LogP contribution in [0.3, 0.4) is 0 Å². The van der Waals surface area contributed by atoms with Gasteiger partial charge in [-0.3, -0.25) is 4.90 Å². The second kappa shape index (κ2) is 7.40. The molecule has 1 heterocycles. The van der Waals surface area contributed by atoms with Gasteiger partial charge < -0.3 is 0 Å². The molecule has 3 rings (SSSR count). The average Bonchev–Trinajstić information content (AvgIpc) is 2.58. The fourth-order valence-corrected chi connectivity index (χ4v) is 2.81. The van der Waals surface area contributed by atoms with Crippen LogP contribution in [-0.4, -0.2) is 16.9 Å². The highest BCUT2D eigenvalue weighted by atomic mass is 35.5. The van der Waals surface area contributed by atoms with Gasteiger partial charge in [0.1, 0.15) is 5.15 Å². The second-order valence-corrected chi connectivity index (χ2v) is 6.05. The van der Waals surface area contributed by atoms with Crippen LogP contribution in [0.1, 0.15) is 11.1 Å². The third kappa shape index (κ3) is 4.19.